The molecular weight excluding hydrogens is 332 g/mol. The highest BCUT2D eigenvalue weighted by Gasteiger charge is 2.24. The van der Waals surface area contributed by atoms with E-state index in [0.717, 1.165) is 41.8 Å². The van der Waals surface area contributed by atoms with Crippen molar-refractivity contribution < 1.29 is 5.32 Å². The first-order valence-corrected chi connectivity index (χ1v) is 9.70. The normalized spacial score (nSPS) is 18.2. The summed E-state index contributed by atoms with van der Waals surface area (Å²) >= 11 is 1.71. The number of thiophene rings is 1. The minimum atomic E-state index is 0.0219. The molecule has 4 rings (SSSR count). The number of H-pyrrole nitrogens is 1. The minimum Gasteiger partial charge on any atom is -0.334 e. The van der Waals surface area contributed by atoms with Crippen molar-refractivity contribution >= 4 is 21.6 Å². The van der Waals surface area contributed by atoms with Crippen LogP contribution in [-0.4, -0.2) is 15.0 Å². The molecule has 3 aromatic rings. The lowest BCUT2D eigenvalue weighted by atomic mass is 9.89. The smallest absolute Gasteiger partial charge is 0.260 e. The molecule has 0 amide bonds. The van der Waals surface area contributed by atoms with Gasteiger partial charge in [0.25, 0.3) is 5.56 Å². The Morgan fingerprint density at radius 3 is 3.16 bits per heavy atom. The maximum Gasteiger partial charge on any atom is 0.260 e. The number of nitrogens with zero attached hydrogens (tertiary/aromatic N) is 2. The fraction of sp³-hybridized carbons (Fsp3) is 0.421. The number of pyridine rings is 1. The van der Waals surface area contributed by atoms with Crippen molar-refractivity contribution in [2.45, 2.75) is 45.7 Å². The zero-order valence-electron chi connectivity index (χ0n) is 14.6. The Bertz CT molecular complexity index is 947. The zero-order valence-corrected chi connectivity index (χ0v) is 15.4. The second kappa shape index (κ2) is 6.69. The molecule has 0 saturated carbocycles. The van der Waals surface area contributed by atoms with Gasteiger partial charge >= 0.3 is 0 Å². The predicted octanol–water partition coefficient (Wildman–Crippen LogP) is 2.33. The highest BCUT2D eigenvalue weighted by molar-refractivity contribution is 7.18. The SMILES string of the molecule is C[C@H]1CCc2c(sc3nc([C@@H](C)[NH2+]Cc4cccnc4)[nH]c(=O)c23)C1. The Labute approximate surface area is 150 Å². The van der Waals surface area contributed by atoms with Crippen LogP contribution in [0.25, 0.3) is 10.2 Å². The van der Waals surface area contributed by atoms with E-state index in [4.69, 9.17) is 4.98 Å². The molecule has 0 saturated heterocycles. The number of nitrogens with two attached hydrogens (primary N) is 1. The summed E-state index contributed by atoms with van der Waals surface area (Å²) in [6, 6.07) is 4.09. The quantitative estimate of drug-likeness (QED) is 0.754. The van der Waals surface area contributed by atoms with E-state index in [2.05, 4.69) is 35.2 Å². The molecule has 0 radical (unpaired) electrons. The minimum absolute atomic E-state index is 0.0219. The molecule has 0 fully saturated rings. The second-order valence-electron chi connectivity index (χ2n) is 7.07. The van der Waals surface area contributed by atoms with Gasteiger partial charge in [0.05, 0.1) is 5.39 Å². The average molecular weight is 355 g/mol. The molecular formula is C19H23N4OS+. The fourth-order valence-electron chi connectivity index (χ4n) is 3.52. The van der Waals surface area contributed by atoms with Gasteiger partial charge in [-0.3, -0.25) is 9.78 Å². The third-order valence-corrected chi connectivity index (χ3v) is 6.19. The first-order valence-electron chi connectivity index (χ1n) is 8.88. The van der Waals surface area contributed by atoms with E-state index in [1.165, 1.54) is 16.0 Å². The Balaban J connectivity index is 1.61. The first-order chi connectivity index (χ1) is 12.1. The maximum absolute atomic E-state index is 12.7. The zero-order chi connectivity index (χ0) is 17.4. The summed E-state index contributed by atoms with van der Waals surface area (Å²) in [6.45, 7) is 5.18. The lowest BCUT2D eigenvalue weighted by Gasteiger charge is -2.17. The van der Waals surface area contributed by atoms with Crippen LogP contribution in [0.4, 0.5) is 0 Å². The molecule has 6 heteroatoms. The largest absolute Gasteiger partial charge is 0.334 e. The van der Waals surface area contributed by atoms with Crippen LogP contribution in [0.5, 0.6) is 0 Å². The predicted molar refractivity (Wildman–Crippen MR) is 99.7 cm³/mol. The number of quaternary nitrogens is 1. The Hall–Kier alpha value is -2.05. The molecule has 130 valence electrons. The molecule has 0 unspecified atom stereocenters. The molecule has 0 aromatic carbocycles. The van der Waals surface area contributed by atoms with Crippen molar-refractivity contribution in [1.82, 2.24) is 15.0 Å². The van der Waals surface area contributed by atoms with E-state index < -0.39 is 0 Å². The van der Waals surface area contributed by atoms with Crippen molar-refractivity contribution in [3.8, 4) is 0 Å². The maximum atomic E-state index is 12.7. The van der Waals surface area contributed by atoms with Crippen LogP contribution in [0, 0.1) is 5.92 Å². The standard InChI is InChI=1S/C19H22N4OS/c1-11-5-6-14-15(8-11)25-19-16(14)18(24)22-17(23-19)12(2)21-10-13-4-3-7-20-9-13/h3-4,7,9,11-12,21H,5-6,8,10H2,1-2H3,(H,22,23,24)/p+1/t11-,12+/m0/s1. The summed E-state index contributed by atoms with van der Waals surface area (Å²) in [5.41, 5.74) is 2.43. The van der Waals surface area contributed by atoms with Crippen molar-refractivity contribution in [3.63, 3.8) is 0 Å². The molecule has 0 aliphatic heterocycles. The second-order valence-corrected chi connectivity index (χ2v) is 8.16. The Morgan fingerprint density at radius 1 is 1.48 bits per heavy atom. The van der Waals surface area contributed by atoms with Crippen molar-refractivity contribution in [2.24, 2.45) is 5.92 Å². The number of nitrogens with one attached hydrogen (secondary N) is 1. The van der Waals surface area contributed by atoms with Crippen molar-refractivity contribution in [3.05, 3.63) is 56.7 Å². The van der Waals surface area contributed by atoms with Gasteiger partial charge < -0.3 is 10.3 Å². The van der Waals surface area contributed by atoms with Gasteiger partial charge in [0, 0.05) is 22.8 Å². The highest BCUT2D eigenvalue weighted by atomic mass is 32.1. The molecule has 5 nitrogen and oxygen atoms in total. The summed E-state index contributed by atoms with van der Waals surface area (Å²) in [6.07, 6.45) is 6.89. The summed E-state index contributed by atoms with van der Waals surface area (Å²) in [5, 5.41) is 3.01. The number of aromatic amines is 1. The fourth-order valence-corrected chi connectivity index (χ4v) is 4.91. The van der Waals surface area contributed by atoms with Crippen LogP contribution in [0.15, 0.2) is 29.3 Å². The molecule has 1 aliphatic rings. The third-order valence-electron chi connectivity index (χ3n) is 5.04. The number of hydrogen-bond donors (Lipinski definition) is 2. The van der Waals surface area contributed by atoms with E-state index in [0.29, 0.717) is 5.92 Å². The van der Waals surface area contributed by atoms with Gasteiger partial charge in [-0.05, 0) is 43.7 Å². The third kappa shape index (κ3) is 3.24. The average Bonchev–Trinajstić information content (AvgIpc) is 2.98. The van der Waals surface area contributed by atoms with Crippen LogP contribution in [-0.2, 0) is 19.4 Å². The lowest BCUT2D eigenvalue weighted by molar-refractivity contribution is -0.709. The molecule has 3 N–H and O–H groups in total. The van der Waals surface area contributed by atoms with Crippen LogP contribution >= 0.6 is 11.3 Å². The summed E-state index contributed by atoms with van der Waals surface area (Å²) in [4.78, 5) is 26.9. The molecule has 0 bridgehead atoms. The van der Waals surface area contributed by atoms with Gasteiger partial charge in [-0.1, -0.05) is 13.0 Å². The van der Waals surface area contributed by atoms with Crippen LogP contribution in [0.2, 0.25) is 0 Å². The van der Waals surface area contributed by atoms with Gasteiger partial charge in [-0.15, -0.1) is 11.3 Å². The van der Waals surface area contributed by atoms with Crippen molar-refractivity contribution in [2.75, 3.05) is 0 Å². The van der Waals surface area contributed by atoms with E-state index in [9.17, 15) is 4.79 Å². The molecule has 3 aromatic heterocycles. The first kappa shape index (κ1) is 16.4. The molecule has 3 heterocycles. The number of aryl methyl sites for hydroxylation is 1. The van der Waals surface area contributed by atoms with Gasteiger partial charge in [-0.2, -0.15) is 0 Å². The highest BCUT2D eigenvalue weighted by Crippen LogP contribution is 2.35. The Kier molecular flexibility index (Phi) is 4.39. The molecule has 25 heavy (non-hydrogen) atoms. The Morgan fingerprint density at radius 2 is 2.36 bits per heavy atom. The molecule has 1 aliphatic carbocycles. The number of hydrogen-bond acceptors (Lipinski definition) is 4. The monoisotopic (exact) mass is 355 g/mol. The van der Waals surface area contributed by atoms with E-state index in [1.54, 1.807) is 17.5 Å². The topological polar surface area (TPSA) is 75.2 Å². The number of aromatic nitrogens is 3. The summed E-state index contributed by atoms with van der Waals surface area (Å²) in [7, 11) is 0. The van der Waals surface area contributed by atoms with E-state index >= 15 is 0 Å². The van der Waals surface area contributed by atoms with E-state index in [-0.39, 0.29) is 11.6 Å². The lowest BCUT2D eigenvalue weighted by Crippen LogP contribution is -2.83. The summed E-state index contributed by atoms with van der Waals surface area (Å²) < 4.78 is 0. The van der Waals surface area contributed by atoms with Crippen LogP contribution in [0.3, 0.4) is 0 Å². The van der Waals surface area contributed by atoms with E-state index in [1.807, 2.05) is 12.3 Å². The van der Waals surface area contributed by atoms with Gasteiger partial charge in [0.15, 0.2) is 5.82 Å². The molecule has 2 atom stereocenters. The van der Waals surface area contributed by atoms with Crippen LogP contribution < -0.4 is 10.9 Å². The van der Waals surface area contributed by atoms with Gasteiger partial charge in [0.1, 0.15) is 17.4 Å². The number of rotatable bonds is 4. The van der Waals surface area contributed by atoms with Crippen LogP contribution in [0.1, 0.15) is 48.1 Å². The van der Waals surface area contributed by atoms with Crippen molar-refractivity contribution in [1.29, 1.82) is 0 Å². The van der Waals surface area contributed by atoms with Gasteiger partial charge in [-0.25, -0.2) is 4.98 Å². The summed E-state index contributed by atoms with van der Waals surface area (Å²) in [5.74, 6) is 1.46. The molecule has 0 spiro atoms. The van der Waals surface area contributed by atoms with Gasteiger partial charge in [0.2, 0.25) is 0 Å². The number of fused-ring (bicyclic) bond motifs is 3.